The molecule has 25 heavy (non-hydrogen) atoms. The average molecular weight is 369 g/mol. The van der Waals surface area contributed by atoms with Crippen LogP contribution in [0.25, 0.3) is 0 Å². The third kappa shape index (κ3) is 5.34. The molecule has 7 nitrogen and oxygen atoms in total. The highest BCUT2D eigenvalue weighted by atomic mass is 32.2. The monoisotopic (exact) mass is 369 g/mol. The van der Waals surface area contributed by atoms with Crippen LogP contribution < -0.4 is 9.04 Å². The number of amides is 1. The van der Waals surface area contributed by atoms with Crippen molar-refractivity contribution in [3.8, 4) is 5.75 Å². The van der Waals surface area contributed by atoms with Crippen LogP contribution in [0.3, 0.4) is 0 Å². The van der Waals surface area contributed by atoms with Crippen LogP contribution in [0.15, 0.2) is 24.3 Å². The molecule has 0 radical (unpaired) electrons. The van der Waals surface area contributed by atoms with Gasteiger partial charge in [-0.1, -0.05) is 13.0 Å². The predicted octanol–water partition coefficient (Wildman–Crippen LogP) is 1.02. The molecular weight excluding hydrogens is 342 g/mol. The number of hydrogen-bond donors (Lipinski definition) is 0. The summed E-state index contributed by atoms with van der Waals surface area (Å²) in [5.74, 6) is 0.403. The van der Waals surface area contributed by atoms with Crippen LogP contribution in [0.1, 0.15) is 13.8 Å². The lowest BCUT2D eigenvalue weighted by Gasteiger charge is -2.35. The van der Waals surface area contributed by atoms with Crippen molar-refractivity contribution < 1.29 is 17.9 Å². The molecule has 1 amide bonds. The zero-order valence-corrected chi connectivity index (χ0v) is 16.0. The van der Waals surface area contributed by atoms with E-state index in [1.165, 1.54) is 0 Å². The fourth-order valence-electron chi connectivity index (χ4n) is 2.83. The van der Waals surface area contributed by atoms with Gasteiger partial charge in [-0.25, -0.2) is 8.42 Å². The van der Waals surface area contributed by atoms with Gasteiger partial charge in [-0.15, -0.1) is 0 Å². The van der Waals surface area contributed by atoms with Gasteiger partial charge in [0.15, 0.2) is 0 Å². The van der Waals surface area contributed by atoms with E-state index < -0.39 is 10.0 Å². The van der Waals surface area contributed by atoms with Crippen molar-refractivity contribution in [2.45, 2.75) is 13.8 Å². The van der Waals surface area contributed by atoms with Crippen LogP contribution >= 0.6 is 0 Å². The van der Waals surface area contributed by atoms with Crippen LogP contribution in [-0.4, -0.2) is 76.3 Å². The Hall–Kier alpha value is -1.80. The van der Waals surface area contributed by atoms with E-state index in [4.69, 9.17) is 4.74 Å². The molecule has 0 aromatic heterocycles. The number of anilines is 1. The molecule has 0 saturated carbocycles. The number of rotatable bonds is 7. The summed E-state index contributed by atoms with van der Waals surface area (Å²) in [4.78, 5) is 16.6. The highest BCUT2D eigenvalue weighted by Gasteiger charge is 2.26. The minimum atomic E-state index is -3.58. The summed E-state index contributed by atoms with van der Waals surface area (Å²) in [6.07, 6.45) is 1.11. The molecule has 0 bridgehead atoms. The molecule has 0 N–H and O–H groups in total. The minimum absolute atomic E-state index is 0.178. The third-order valence-electron chi connectivity index (χ3n) is 4.27. The number of carbonyl (C=O) groups excluding carboxylic acids is 1. The fraction of sp³-hybridized carbons (Fsp3) is 0.588. The number of carbonyl (C=O) groups is 1. The molecular formula is C17H27N3O4S. The number of piperazine rings is 1. The van der Waals surface area contributed by atoms with Crippen molar-refractivity contribution in [3.63, 3.8) is 0 Å². The Morgan fingerprint density at radius 1 is 1.20 bits per heavy atom. The molecule has 0 atom stereocenters. The van der Waals surface area contributed by atoms with Crippen molar-refractivity contribution >= 4 is 21.6 Å². The summed E-state index contributed by atoms with van der Waals surface area (Å²) in [5, 5.41) is 0. The molecule has 1 aromatic rings. The van der Waals surface area contributed by atoms with Crippen LogP contribution in [0.2, 0.25) is 0 Å². The Labute approximate surface area is 150 Å². The zero-order chi connectivity index (χ0) is 18.4. The first-order chi connectivity index (χ1) is 11.8. The van der Waals surface area contributed by atoms with Gasteiger partial charge < -0.3 is 14.5 Å². The highest BCUT2D eigenvalue weighted by Crippen LogP contribution is 2.23. The summed E-state index contributed by atoms with van der Waals surface area (Å²) < 4.78 is 31.0. The number of hydrogen-bond acceptors (Lipinski definition) is 5. The molecule has 0 spiro atoms. The Bertz CT molecular complexity index is 685. The van der Waals surface area contributed by atoms with Crippen LogP contribution in [0, 0.1) is 0 Å². The topological polar surface area (TPSA) is 70.2 Å². The SMILES string of the molecule is CCOc1cccc(N(CC(=O)N2CCN(CC)CC2)S(C)(=O)=O)c1. The zero-order valence-electron chi connectivity index (χ0n) is 15.1. The smallest absolute Gasteiger partial charge is 0.243 e. The van der Waals surface area contributed by atoms with E-state index in [0.29, 0.717) is 31.1 Å². The van der Waals surface area contributed by atoms with E-state index in [9.17, 15) is 13.2 Å². The van der Waals surface area contributed by atoms with E-state index in [1.807, 2.05) is 6.92 Å². The maximum absolute atomic E-state index is 12.6. The number of ether oxygens (including phenoxy) is 1. The van der Waals surface area contributed by atoms with Gasteiger partial charge in [-0.2, -0.15) is 0 Å². The average Bonchev–Trinajstić information content (AvgIpc) is 2.59. The number of sulfonamides is 1. The van der Waals surface area contributed by atoms with Gasteiger partial charge in [-0.3, -0.25) is 9.10 Å². The maximum Gasteiger partial charge on any atom is 0.243 e. The van der Waals surface area contributed by atoms with Crippen molar-refractivity contribution in [1.82, 2.24) is 9.80 Å². The third-order valence-corrected chi connectivity index (χ3v) is 5.41. The molecule has 1 aromatic carbocycles. The van der Waals surface area contributed by atoms with Gasteiger partial charge in [-0.05, 0) is 25.6 Å². The lowest BCUT2D eigenvalue weighted by atomic mass is 10.3. The van der Waals surface area contributed by atoms with Crippen molar-refractivity contribution in [3.05, 3.63) is 24.3 Å². The van der Waals surface area contributed by atoms with Crippen molar-refractivity contribution in [2.24, 2.45) is 0 Å². The Balaban J connectivity index is 2.13. The quantitative estimate of drug-likeness (QED) is 0.718. The van der Waals surface area contributed by atoms with Gasteiger partial charge in [0.1, 0.15) is 12.3 Å². The highest BCUT2D eigenvalue weighted by molar-refractivity contribution is 7.92. The Morgan fingerprint density at radius 2 is 1.88 bits per heavy atom. The van der Waals surface area contributed by atoms with Gasteiger partial charge in [0.25, 0.3) is 0 Å². The van der Waals surface area contributed by atoms with Crippen molar-refractivity contribution in [2.75, 3.05) is 56.4 Å². The van der Waals surface area contributed by atoms with E-state index in [1.54, 1.807) is 29.2 Å². The first-order valence-corrected chi connectivity index (χ1v) is 10.4. The summed E-state index contributed by atoms with van der Waals surface area (Å²) in [6, 6.07) is 6.81. The number of benzene rings is 1. The molecule has 1 heterocycles. The molecule has 140 valence electrons. The predicted molar refractivity (Wildman–Crippen MR) is 98.5 cm³/mol. The van der Waals surface area contributed by atoms with Crippen LogP contribution in [0.5, 0.6) is 5.75 Å². The fourth-order valence-corrected chi connectivity index (χ4v) is 3.67. The molecule has 0 aliphatic carbocycles. The molecule has 1 aliphatic heterocycles. The van der Waals surface area contributed by atoms with Gasteiger partial charge in [0, 0.05) is 32.2 Å². The molecule has 1 aliphatic rings. The second-order valence-electron chi connectivity index (χ2n) is 6.02. The van der Waals surface area contributed by atoms with E-state index >= 15 is 0 Å². The van der Waals surface area contributed by atoms with Crippen LogP contribution in [-0.2, 0) is 14.8 Å². The second-order valence-corrected chi connectivity index (χ2v) is 7.92. The molecule has 2 rings (SSSR count). The maximum atomic E-state index is 12.6. The van der Waals surface area contributed by atoms with Gasteiger partial charge >= 0.3 is 0 Å². The number of nitrogens with zero attached hydrogens (tertiary/aromatic N) is 3. The van der Waals surface area contributed by atoms with Gasteiger partial charge in [0.05, 0.1) is 18.6 Å². The number of likely N-dealkylation sites (N-methyl/N-ethyl adjacent to an activating group) is 1. The molecule has 1 saturated heterocycles. The van der Waals surface area contributed by atoms with Gasteiger partial charge in [0.2, 0.25) is 15.9 Å². The van der Waals surface area contributed by atoms with E-state index in [0.717, 1.165) is 30.2 Å². The largest absolute Gasteiger partial charge is 0.494 e. The lowest BCUT2D eigenvalue weighted by Crippen LogP contribution is -2.51. The first kappa shape index (κ1) is 19.5. The summed E-state index contributed by atoms with van der Waals surface area (Å²) in [5.41, 5.74) is 0.439. The molecule has 8 heteroatoms. The molecule has 0 unspecified atom stereocenters. The normalized spacial score (nSPS) is 15.9. The second kappa shape index (κ2) is 8.53. The summed E-state index contributed by atoms with van der Waals surface area (Å²) >= 11 is 0. The van der Waals surface area contributed by atoms with E-state index in [2.05, 4.69) is 11.8 Å². The summed E-state index contributed by atoms with van der Waals surface area (Å²) in [6.45, 7) is 8.11. The minimum Gasteiger partial charge on any atom is -0.494 e. The summed E-state index contributed by atoms with van der Waals surface area (Å²) in [7, 11) is -3.58. The van der Waals surface area contributed by atoms with E-state index in [-0.39, 0.29) is 12.5 Å². The Morgan fingerprint density at radius 3 is 2.44 bits per heavy atom. The van der Waals surface area contributed by atoms with Crippen LogP contribution in [0.4, 0.5) is 5.69 Å². The lowest BCUT2D eigenvalue weighted by molar-refractivity contribution is -0.131. The molecule has 1 fully saturated rings. The standard InChI is InChI=1S/C17H27N3O4S/c1-4-18-9-11-19(12-10-18)17(21)14-20(25(3,22)23)15-7-6-8-16(13-15)24-5-2/h6-8,13H,4-5,9-12,14H2,1-3H3. The first-order valence-electron chi connectivity index (χ1n) is 8.55. The van der Waals surface area contributed by atoms with Crippen molar-refractivity contribution in [1.29, 1.82) is 0 Å². The Kier molecular flexibility index (Phi) is 6.66.